The highest BCUT2D eigenvalue weighted by molar-refractivity contribution is 5.96. The summed E-state index contributed by atoms with van der Waals surface area (Å²) in [4.78, 5) is 53.0. The van der Waals surface area contributed by atoms with Crippen molar-refractivity contribution in [2.75, 3.05) is 0 Å². The Labute approximate surface area is 269 Å². The molecule has 0 saturated heterocycles. The smallest absolute Gasteiger partial charge is 0.504 e. The lowest BCUT2D eigenvalue weighted by Crippen LogP contribution is -2.48. The SMILES string of the molecule is O=C(OC(OC(=O)c1cc(O)c(O)c(O)c1)(OC(=O)c1cc(O)c(O)c(O)c1)OC(=O)c1cc(O)c(O)c(O)c1)c1cc(O)c(O)c(O)c1. The van der Waals surface area contributed by atoms with Crippen LogP contribution in [0, 0.1) is 0 Å². The summed E-state index contributed by atoms with van der Waals surface area (Å²) in [6, 6.07) is 3.63. The third kappa shape index (κ3) is 6.96. The summed E-state index contributed by atoms with van der Waals surface area (Å²) in [5.41, 5.74) is -3.72. The maximum atomic E-state index is 13.2. The summed E-state index contributed by atoms with van der Waals surface area (Å²) in [5.74, 6) is -21.2. The van der Waals surface area contributed by atoms with Crippen molar-refractivity contribution in [3.05, 3.63) is 70.8 Å². The first-order valence-corrected chi connectivity index (χ1v) is 12.8. The van der Waals surface area contributed by atoms with Gasteiger partial charge in [0.25, 0.3) is 0 Å². The van der Waals surface area contributed by atoms with Gasteiger partial charge >= 0.3 is 30.0 Å². The van der Waals surface area contributed by atoms with Gasteiger partial charge in [-0.1, -0.05) is 0 Å². The van der Waals surface area contributed by atoms with Crippen molar-refractivity contribution in [3.8, 4) is 69.0 Å². The van der Waals surface area contributed by atoms with E-state index in [-0.39, 0.29) is 0 Å². The second-order valence-electron chi connectivity index (χ2n) is 9.51. The third-order valence-electron chi connectivity index (χ3n) is 6.09. The number of esters is 4. The summed E-state index contributed by atoms with van der Waals surface area (Å²) in [6.45, 7) is 0. The number of carbonyl (C=O) groups excluding carboxylic acids is 4. The molecule has 20 heteroatoms. The fourth-order valence-corrected chi connectivity index (χ4v) is 3.70. The molecule has 0 amide bonds. The lowest BCUT2D eigenvalue weighted by molar-refractivity contribution is -0.413. The first kappa shape index (κ1) is 34.2. The minimum absolute atomic E-state index is 0.454. The molecule has 0 heterocycles. The van der Waals surface area contributed by atoms with E-state index in [2.05, 4.69) is 0 Å². The molecular formula is C29H20O20. The van der Waals surface area contributed by atoms with E-state index in [9.17, 15) is 80.5 Å². The normalized spacial score (nSPS) is 10.9. The number of hydrogen-bond donors (Lipinski definition) is 12. The zero-order chi connectivity index (χ0) is 36.5. The molecule has 4 aromatic rings. The van der Waals surface area contributed by atoms with Crippen LogP contribution in [0.1, 0.15) is 41.4 Å². The zero-order valence-electron chi connectivity index (χ0n) is 23.8. The quantitative estimate of drug-likeness (QED) is 0.0708. The Kier molecular flexibility index (Phi) is 8.82. The Balaban J connectivity index is 1.91. The van der Waals surface area contributed by atoms with E-state index >= 15 is 0 Å². The molecular weight excluding hydrogens is 668 g/mol. The van der Waals surface area contributed by atoms with E-state index in [4.69, 9.17) is 18.9 Å². The number of ether oxygens (including phenoxy) is 4. The molecule has 0 aliphatic heterocycles. The maximum Gasteiger partial charge on any atom is 0.620 e. The van der Waals surface area contributed by atoms with E-state index in [1.807, 2.05) is 0 Å². The molecule has 0 aliphatic rings. The van der Waals surface area contributed by atoms with Crippen LogP contribution in [-0.4, -0.2) is 91.3 Å². The Morgan fingerprint density at radius 1 is 0.327 bits per heavy atom. The van der Waals surface area contributed by atoms with Gasteiger partial charge in [-0.05, 0) is 48.5 Å². The first-order chi connectivity index (χ1) is 22.8. The van der Waals surface area contributed by atoms with Gasteiger partial charge in [0.15, 0.2) is 69.0 Å². The number of phenolic OH excluding ortho intramolecular Hbond substituents is 12. The van der Waals surface area contributed by atoms with Crippen LogP contribution >= 0.6 is 0 Å². The number of phenols is 12. The average Bonchev–Trinajstić information content (AvgIpc) is 3.02. The molecule has 0 fully saturated rings. The van der Waals surface area contributed by atoms with Gasteiger partial charge in [-0.2, -0.15) is 0 Å². The predicted octanol–water partition coefficient (Wildman–Crippen LogP) is 1.49. The lowest BCUT2D eigenvalue weighted by atomic mass is 10.2. The highest BCUT2D eigenvalue weighted by Gasteiger charge is 2.51. The molecule has 0 spiro atoms. The minimum atomic E-state index is -4.17. The van der Waals surface area contributed by atoms with Gasteiger partial charge in [0.1, 0.15) is 0 Å². The van der Waals surface area contributed by atoms with E-state index < -0.39 is 121 Å². The molecule has 4 aromatic carbocycles. The molecule has 0 atom stereocenters. The van der Waals surface area contributed by atoms with Crippen molar-refractivity contribution in [2.45, 2.75) is 6.16 Å². The Hall–Kier alpha value is -7.64. The Morgan fingerprint density at radius 2 is 0.469 bits per heavy atom. The van der Waals surface area contributed by atoms with Gasteiger partial charge in [-0.15, -0.1) is 0 Å². The summed E-state index contributed by atoms with van der Waals surface area (Å²) >= 11 is 0. The van der Waals surface area contributed by atoms with Crippen LogP contribution in [0.5, 0.6) is 69.0 Å². The highest BCUT2D eigenvalue weighted by atomic mass is 17.0. The number of benzene rings is 4. The molecule has 0 radical (unpaired) electrons. The molecule has 0 aliphatic carbocycles. The van der Waals surface area contributed by atoms with Crippen LogP contribution in [0.2, 0.25) is 0 Å². The van der Waals surface area contributed by atoms with Gasteiger partial charge < -0.3 is 80.2 Å². The van der Waals surface area contributed by atoms with Crippen LogP contribution in [0.4, 0.5) is 0 Å². The van der Waals surface area contributed by atoms with Crippen molar-refractivity contribution in [1.29, 1.82) is 0 Å². The van der Waals surface area contributed by atoms with Crippen molar-refractivity contribution in [2.24, 2.45) is 0 Å². The van der Waals surface area contributed by atoms with Gasteiger partial charge in [-0.25, -0.2) is 19.2 Å². The van der Waals surface area contributed by atoms with Crippen molar-refractivity contribution in [1.82, 2.24) is 0 Å². The molecule has 0 unspecified atom stereocenters. The fourth-order valence-electron chi connectivity index (χ4n) is 3.70. The van der Waals surface area contributed by atoms with Gasteiger partial charge in [0.05, 0.1) is 22.3 Å². The van der Waals surface area contributed by atoms with E-state index in [0.29, 0.717) is 48.5 Å². The summed E-state index contributed by atoms with van der Waals surface area (Å²) in [5, 5.41) is 117. The number of rotatable bonds is 8. The van der Waals surface area contributed by atoms with Crippen molar-refractivity contribution < 1.29 is 99.4 Å². The number of carbonyl (C=O) groups is 4. The summed E-state index contributed by atoms with van der Waals surface area (Å²) in [7, 11) is 0. The second-order valence-corrected chi connectivity index (χ2v) is 9.51. The maximum absolute atomic E-state index is 13.2. The van der Waals surface area contributed by atoms with Crippen LogP contribution in [0.25, 0.3) is 0 Å². The fraction of sp³-hybridized carbons (Fsp3) is 0.0345. The molecule has 4 rings (SSSR count). The third-order valence-corrected chi connectivity index (χ3v) is 6.09. The first-order valence-electron chi connectivity index (χ1n) is 12.8. The van der Waals surface area contributed by atoms with Gasteiger partial charge in [0.2, 0.25) is 0 Å². The van der Waals surface area contributed by atoms with Gasteiger partial charge in [0, 0.05) is 0 Å². The minimum Gasteiger partial charge on any atom is -0.504 e. The highest BCUT2D eigenvalue weighted by Crippen LogP contribution is 2.40. The van der Waals surface area contributed by atoms with Crippen LogP contribution in [0.15, 0.2) is 48.5 Å². The van der Waals surface area contributed by atoms with Crippen LogP contribution in [-0.2, 0) is 18.9 Å². The molecule has 0 saturated carbocycles. The number of aromatic hydroxyl groups is 12. The van der Waals surface area contributed by atoms with E-state index in [0.717, 1.165) is 0 Å². The molecule has 20 nitrogen and oxygen atoms in total. The van der Waals surface area contributed by atoms with E-state index in [1.165, 1.54) is 0 Å². The van der Waals surface area contributed by atoms with Crippen LogP contribution < -0.4 is 0 Å². The topological polar surface area (TPSA) is 348 Å². The molecule has 256 valence electrons. The largest absolute Gasteiger partial charge is 0.620 e. The van der Waals surface area contributed by atoms with Gasteiger partial charge in [-0.3, -0.25) is 0 Å². The van der Waals surface area contributed by atoms with Crippen LogP contribution in [0.3, 0.4) is 0 Å². The Bertz CT molecular complexity index is 1650. The van der Waals surface area contributed by atoms with Crippen molar-refractivity contribution in [3.63, 3.8) is 0 Å². The predicted molar refractivity (Wildman–Crippen MR) is 150 cm³/mol. The second kappa shape index (κ2) is 12.6. The molecule has 49 heavy (non-hydrogen) atoms. The Morgan fingerprint density at radius 3 is 0.612 bits per heavy atom. The zero-order valence-corrected chi connectivity index (χ0v) is 23.8. The molecule has 0 aromatic heterocycles. The lowest BCUT2D eigenvalue weighted by Gasteiger charge is -2.29. The molecule has 0 bridgehead atoms. The molecule has 12 N–H and O–H groups in total. The number of hydrogen-bond acceptors (Lipinski definition) is 20. The summed E-state index contributed by atoms with van der Waals surface area (Å²) in [6.07, 6.45) is -4.17. The summed E-state index contributed by atoms with van der Waals surface area (Å²) < 4.78 is 19.6. The monoisotopic (exact) mass is 688 g/mol. The standard InChI is InChI=1S/C29H20O20/c30-13-1-9(2-14(31)21(13)38)25(42)46-29(47-26(43)10-3-15(32)22(39)16(33)4-10,48-27(44)11-5-17(34)23(40)18(35)6-11)49-28(45)12-7-19(36)24(41)20(37)8-12/h1-8,30-41H. The van der Waals surface area contributed by atoms with E-state index in [1.54, 1.807) is 0 Å². The van der Waals surface area contributed by atoms with Crippen molar-refractivity contribution >= 4 is 23.9 Å². The average molecular weight is 688 g/mol.